The molecule has 0 saturated carbocycles. The highest BCUT2D eigenvalue weighted by Gasteiger charge is 2.01. The molecule has 0 bridgehead atoms. The van der Waals surface area contributed by atoms with E-state index < -0.39 is 0 Å². The number of hydrogen-bond donors (Lipinski definition) is 0. The van der Waals surface area contributed by atoms with Crippen molar-refractivity contribution in [2.75, 3.05) is 6.26 Å². The van der Waals surface area contributed by atoms with Gasteiger partial charge in [0.05, 0.1) is 0 Å². The van der Waals surface area contributed by atoms with Gasteiger partial charge in [-0.1, -0.05) is 6.07 Å². The molecule has 0 unspecified atom stereocenters. The topological polar surface area (TPSA) is 9.23 Å². The molecule has 3 heteroatoms. The quantitative estimate of drug-likeness (QED) is 0.558. The van der Waals surface area contributed by atoms with Gasteiger partial charge >= 0.3 is 0 Å². The Balaban J connectivity index is 2.15. The van der Waals surface area contributed by atoms with Crippen LogP contribution in [0.2, 0.25) is 0 Å². The Morgan fingerprint density at radius 2 is 1.72 bits per heavy atom. The van der Waals surface area contributed by atoms with E-state index in [1.807, 2.05) is 37.3 Å². The van der Waals surface area contributed by atoms with Crippen molar-refractivity contribution in [1.29, 1.82) is 0 Å². The largest absolute Gasteiger partial charge is 0.457 e. The number of halogens is 1. The highest BCUT2D eigenvalue weighted by Crippen LogP contribution is 2.26. The van der Waals surface area contributed by atoms with Crippen LogP contribution in [-0.2, 0) is 5.88 Å². The maximum Gasteiger partial charge on any atom is 0.127 e. The van der Waals surface area contributed by atoms with Gasteiger partial charge in [-0.15, -0.1) is 23.4 Å². The first-order valence-electron chi connectivity index (χ1n) is 5.70. The lowest BCUT2D eigenvalue weighted by Gasteiger charge is -2.09. The first kappa shape index (κ1) is 13.3. The van der Waals surface area contributed by atoms with E-state index >= 15 is 0 Å². The number of thioether (sulfide) groups is 1. The Labute approximate surface area is 117 Å². The van der Waals surface area contributed by atoms with Crippen molar-refractivity contribution in [3.8, 4) is 11.5 Å². The average Bonchev–Trinajstić information content (AvgIpc) is 2.40. The molecule has 2 aromatic carbocycles. The van der Waals surface area contributed by atoms with E-state index in [-0.39, 0.29) is 0 Å². The third kappa shape index (κ3) is 3.21. The van der Waals surface area contributed by atoms with Crippen LogP contribution in [0.1, 0.15) is 11.1 Å². The van der Waals surface area contributed by atoms with Crippen molar-refractivity contribution in [2.24, 2.45) is 0 Å². The maximum atomic E-state index is 5.83. The Morgan fingerprint density at radius 1 is 1.06 bits per heavy atom. The van der Waals surface area contributed by atoms with Crippen LogP contribution >= 0.6 is 23.4 Å². The Morgan fingerprint density at radius 3 is 2.28 bits per heavy atom. The minimum Gasteiger partial charge on any atom is -0.457 e. The monoisotopic (exact) mass is 278 g/mol. The molecular formula is C15H15ClOS. The summed E-state index contributed by atoms with van der Waals surface area (Å²) in [4.78, 5) is 1.23. The second kappa shape index (κ2) is 6.17. The molecule has 0 aliphatic rings. The standard InChI is InChI=1S/C15H15ClOS/c1-11-9-14(4-3-12(11)10-16)17-13-5-7-15(18-2)8-6-13/h3-9H,10H2,1-2H3. The summed E-state index contributed by atoms with van der Waals surface area (Å²) in [7, 11) is 0. The molecule has 0 saturated heterocycles. The van der Waals surface area contributed by atoms with Crippen LogP contribution in [0, 0.1) is 6.92 Å². The van der Waals surface area contributed by atoms with Gasteiger partial charge in [0.15, 0.2) is 0 Å². The molecule has 0 aliphatic heterocycles. The first-order valence-corrected chi connectivity index (χ1v) is 7.46. The van der Waals surface area contributed by atoms with Crippen molar-refractivity contribution < 1.29 is 4.74 Å². The summed E-state index contributed by atoms with van der Waals surface area (Å²) in [5, 5.41) is 0. The van der Waals surface area contributed by atoms with E-state index in [2.05, 4.69) is 18.4 Å². The summed E-state index contributed by atoms with van der Waals surface area (Å²) in [5.41, 5.74) is 2.30. The highest BCUT2D eigenvalue weighted by molar-refractivity contribution is 7.98. The van der Waals surface area contributed by atoms with Gasteiger partial charge in [-0.05, 0) is 60.7 Å². The van der Waals surface area contributed by atoms with Crippen molar-refractivity contribution in [3.63, 3.8) is 0 Å². The number of ether oxygens (including phenoxy) is 1. The molecule has 0 fully saturated rings. The molecule has 0 spiro atoms. The number of rotatable bonds is 4. The van der Waals surface area contributed by atoms with Crippen LogP contribution in [0.5, 0.6) is 11.5 Å². The predicted molar refractivity (Wildman–Crippen MR) is 79.0 cm³/mol. The summed E-state index contributed by atoms with van der Waals surface area (Å²) in [6.07, 6.45) is 2.06. The molecule has 0 atom stereocenters. The predicted octanol–water partition coefficient (Wildman–Crippen LogP) is 5.25. The number of alkyl halides is 1. The number of benzene rings is 2. The minimum absolute atomic E-state index is 0.536. The Bertz CT molecular complexity index is 523. The summed E-state index contributed by atoms with van der Waals surface area (Å²) in [6.45, 7) is 2.04. The molecule has 2 aromatic rings. The summed E-state index contributed by atoms with van der Waals surface area (Å²) < 4.78 is 5.81. The second-order valence-electron chi connectivity index (χ2n) is 4.00. The fourth-order valence-corrected chi connectivity index (χ4v) is 2.37. The Kier molecular flexibility index (Phi) is 4.56. The van der Waals surface area contributed by atoms with Gasteiger partial charge in [0.25, 0.3) is 0 Å². The van der Waals surface area contributed by atoms with Crippen LogP contribution < -0.4 is 4.74 Å². The normalized spacial score (nSPS) is 10.4. The molecule has 0 aliphatic carbocycles. The fourth-order valence-electron chi connectivity index (χ4n) is 1.66. The zero-order valence-electron chi connectivity index (χ0n) is 10.4. The van der Waals surface area contributed by atoms with Gasteiger partial charge in [0.2, 0.25) is 0 Å². The van der Waals surface area contributed by atoms with E-state index in [1.165, 1.54) is 4.90 Å². The van der Waals surface area contributed by atoms with Crippen molar-refractivity contribution >= 4 is 23.4 Å². The average molecular weight is 279 g/mol. The molecule has 0 aromatic heterocycles. The van der Waals surface area contributed by atoms with Crippen molar-refractivity contribution in [1.82, 2.24) is 0 Å². The van der Waals surface area contributed by atoms with Crippen LogP contribution in [0.3, 0.4) is 0 Å². The lowest BCUT2D eigenvalue weighted by molar-refractivity contribution is 0.481. The zero-order valence-corrected chi connectivity index (χ0v) is 12.0. The molecule has 1 nitrogen and oxygen atoms in total. The molecule has 0 radical (unpaired) electrons. The molecular weight excluding hydrogens is 264 g/mol. The number of hydrogen-bond acceptors (Lipinski definition) is 2. The van der Waals surface area contributed by atoms with Crippen LogP contribution in [0.25, 0.3) is 0 Å². The molecule has 0 amide bonds. The highest BCUT2D eigenvalue weighted by atomic mass is 35.5. The van der Waals surface area contributed by atoms with E-state index in [9.17, 15) is 0 Å². The third-order valence-electron chi connectivity index (χ3n) is 2.75. The van der Waals surface area contributed by atoms with Gasteiger partial charge in [-0.3, -0.25) is 0 Å². The van der Waals surface area contributed by atoms with Crippen molar-refractivity contribution in [3.05, 3.63) is 53.6 Å². The van der Waals surface area contributed by atoms with Crippen LogP contribution in [0.4, 0.5) is 0 Å². The van der Waals surface area contributed by atoms with E-state index in [4.69, 9.17) is 16.3 Å². The first-order chi connectivity index (χ1) is 8.72. The lowest BCUT2D eigenvalue weighted by Crippen LogP contribution is -1.88. The van der Waals surface area contributed by atoms with Crippen LogP contribution in [-0.4, -0.2) is 6.26 Å². The second-order valence-corrected chi connectivity index (χ2v) is 5.15. The van der Waals surface area contributed by atoms with Gasteiger partial charge in [-0.25, -0.2) is 0 Å². The Hall–Kier alpha value is -1.12. The number of aryl methyl sites for hydroxylation is 1. The van der Waals surface area contributed by atoms with Crippen LogP contribution in [0.15, 0.2) is 47.4 Å². The summed E-state index contributed by atoms with van der Waals surface area (Å²) in [6, 6.07) is 14.1. The molecule has 18 heavy (non-hydrogen) atoms. The van der Waals surface area contributed by atoms with E-state index in [0.717, 1.165) is 22.6 Å². The third-order valence-corrected chi connectivity index (χ3v) is 3.78. The van der Waals surface area contributed by atoms with Gasteiger partial charge < -0.3 is 4.74 Å². The van der Waals surface area contributed by atoms with Gasteiger partial charge in [-0.2, -0.15) is 0 Å². The van der Waals surface area contributed by atoms with E-state index in [0.29, 0.717) is 5.88 Å². The lowest BCUT2D eigenvalue weighted by atomic mass is 10.1. The van der Waals surface area contributed by atoms with Crippen molar-refractivity contribution in [2.45, 2.75) is 17.7 Å². The SMILES string of the molecule is CSc1ccc(Oc2ccc(CCl)c(C)c2)cc1. The molecule has 94 valence electrons. The molecule has 0 heterocycles. The minimum atomic E-state index is 0.536. The smallest absolute Gasteiger partial charge is 0.127 e. The summed E-state index contributed by atoms with van der Waals surface area (Å²) >= 11 is 7.56. The zero-order chi connectivity index (χ0) is 13.0. The van der Waals surface area contributed by atoms with E-state index in [1.54, 1.807) is 11.8 Å². The molecule has 2 rings (SSSR count). The van der Waals surface area contributed by atoms with Gasteiger partial charge in [0, 0.05) is 10.8 Å². The van der Waals surface area contributed by atoms with Gasteiger partial charge in [0.1, 0.15) is 11.5 Å². The fraction of sp³-hybridized carbons (Fsp3) is 0.200. The maximum absolute atomic E-state index is 5.83. The molecule has 0 N–H and O–H groups in total. The summed E-state index contributed by atoms with van der Waals surface area (Å²) in [5.74, 6) is 2.23.